The number of aromatic hydroxyl groups is 4. The van der Waals surface area contributed by atoms with Crippen LogP contribution in [0.3, 0.4) is 0 Å². The number of phenols is 4. The smallest absolute Gasteiger partial charge is 0.495 e. The Balaban J connectivity index is 0.000000141. The number of halogens is 11. The van der Waals surface area contributed by atoms with E-state index in [1.807, 2.05) is 188 Å². The van der Waals surface area contributed by atoms with Crippen molar-refractivity contribution in [2.75, 3.05) is 37.3 Å². The minimum absolute atomic E-state index is 0. The van der Waals surface area contributed by atoms with Crippen molar-refractivity contribution in [3.8, 4) is 109 Å². The summed E-state index contributed by atoms with van der Waals surface area (Å²) in [6.07, 6.45) is 1.79. The first-order valence-corrected chi connectivity index (χ1v) is 49.4. The average Bonchev–Trinajstić information content (AvgIpc) is 1.61. The molecule has 1 saturated heterocycles. The van der Waals surface area contributed by atoms with E-state index in [2.05, 4.69) is 170 Å². The zero-order chi connectivity index (χ0) is 102. The van der Waals surface area contributed by atoms with E-state index in [1.165, 1.54) is 48.5 Å². The number of benzene rings is 17. The molecule has 758 valence electrons. The van der Waals surface area contributed by atoms with Crippen molar-refractivity contribution in [1.29, 1.82) is 0 Å². The second-order valence-electron chi connectivity index (χ2n) is 34.1. The summed E-state index contributed by atoms with van der Waals surface area (Å²) in [5.41, 5.74) is 15.0. The lowest BCUT2D eigenvalue weighted by Gasteiger charge is -2.38. The molecule has 0 amide bonds. The minimum Gasteiger partial charge on any atom is -0.506 e. The number of ether oxygens (including phenoxy) is 7. The molecule has 1 fully saturated rings. The van der Waals surface area contributed by atoms with Gasteiger partial charge in [0.05, 0.1) is 84.4 Å². The third-order valence-electron chi connectivity index (χ3n) is 24.2. The summed E-state index contributed by atoms with van der Waals surface area (Å²) in [5.74, 6) is 4.89. The van der Waals surface area contributed by atoms with E-state index in [0.717, 1.165) is 197 Å². The number of nitrogen functional groups attached to an aromatic ring is 1. The molecule has 6 N–H and O–H groups in total. The number of fused-ring (bicyclic) bond motifs is 12. The second kappa shape index (κ2) is 45.2. The number of nitrogens with two attached hydrogens (primary N) is 1. The predicted octanol–water partition coefficient (Wildman–Crippen LogP) is 36.5. The lowest BCUT2D eigenvalue weighted by Crippen LogP contribution is -2.41. The van der Waals surface area contributed by atoms with Gasteiger partial charge in [-0.3, -0.25) is 29.5 Å². The minimum atomic E-state index is -0.839. The van der Waals surface area contributed by atoms with E-state index in [4.69, 9.17) is 48.2 Å². The van der Waals surface area contributed by atoms with Gasteiger partial charge in [0, 0.05) is 32.5 Å². The molecule has 1 aromatic heterocycles. The van der Waals surface area contributed by atoms with E-state index < -0.39 is 70.3 Å². The van der Waals surface area contributed by atoms with E-state index in [-0.39, 0.29) is 79.8 Å². The van der Waals surface area contributed by atoms with Crippen LogP contribution in [-0.2, 0) is 9.31 Å². The van der Waals surface area contributed by atoms with Gasteiger partial charge in [0.1, 0.15) is 74.5 Å². The SMILES string of the molecule is Brc1cc2c3c(c1)Oc1ccccc1N3c1ccccc1O2.C.C.C.CC1(C)OB(c2cc3c4c(c2)Oc2ccccc2N4c2ccccc2O3)OC1(C)C.COc1ccccc1I.Nc1c(F)cc(Br)cc1F.Oc1ccccc1N(c1ccccc1O)c1c(F)cc(Br)cc1F.Oc1ccccc1N(c1ccccc1O)c1c(F)cc(Br)cc1F.[HH].[HH].c1ccc(-c2cc3c4c(c2)Oc2ccccc2N4c2ccccc2O3)nc1. The zero-order valence-electron chi connectivity index (χ0n) is 77.6. The van der Waals surface area contributed by atoms with Crippen LogP contribution < -0.4 is 68.9 Å². The van der Waals surface area contributed by atoms with Crippen molar-refractivity contribution < 1.29 is 92.1 Å². The van der Waals surface area contributed by atoms with Gasteiger partial charge in [0.2, 0.25) is 0 Å². The summed E-state index contributed by atoms with van der Waals surface area (Å²) in [5, 5.41) is 40.6. The van der Waals surface area contributed by atoms with Crippen LogP contribution in [0, 0.1) is 38.5 Å². The van der Waals surface area contributed by atoms with Gasteiger partial charge in [-0.15, -0.1) is 0 Å². The van der Waals surface area contributed by atoms with Gasteiger partial charge in [-0.25, -0.2) is 26.3 Å². The average molecular weight is 2380 g/mol. The first-order valence-electron chi connectivity index (χ1n) is 45.1. The van der Waals surface area contributed by atoms with Gasteiger partial charge in [-0.05, 0) is 274 Å². The molecular weight excluding hydrogens is 2280 g/mol. The zero-order valence-corrected chi connectivity index (χ0v) is 86.1. The lowest BCUT2D eigenvalue weighted by molar-refractivity contribution is 0.00578. The van der Waals surface area contributed by atoms with Crippen LogP contribution >= 0.6 is 86.3 Å². The number of hydrogen-bond donors (Lipinski definition) is 5. The van der Waals surface area contributed by atoms with Crippen LogP contribution in [0.25, 0.3) is 11.3 Å². The summed E-state index contributed by atoms with van der Waals surface area (Å²) in [4.78, 5) is 13.4. The second-order valence-corrected chi connectivity index (χ2v) is 39.0. The van der Waals surface area contributed by atoms with Crippen LogP contribution in [-0.4, -0.2) is 50.8 Å². The normalized spacial score (nSPS) is 12.9. The Morgan fingerprint density at radius 3 is 0.872 bits per heavy atom. The van der Waals surface area contributed by atoms with E-state index in [0.29, 0.717) is 4.47 Å². The Bertz CT molecular complexity index is 7540. The Kier molecular flexibility index (Phi) is 32.3. The number of para-hydroxylation sites is 21. The van der Waals surface area contributed by atoms with Crippen molar-refractivity contribution in [3.63, 3.8) is 0 Å². The van der Waals surface area contributed by atoms with Gasteiger partial charge in [0.25, 0.3) is 0 Å². The highest BCUT2D eigenvalue weighted by molar-refractivity contribution is 14.1. The molecule has 8 heterocycles. The van der Waals surface area contributed by atoms with Gasteiger partial charge < -0.3 is 68.6 Å². The van der Waals surface area contributed by atoms with Gasteiger partial charge >= 0.3 is 7.12 Å². The lowest BCUT2D eigenvalue weighted by atomic mass is 9.78. The third-order valence-corrected chi connectivity index (χ3v) is 26.9. The van der Waals surface area contributed by atoms with Gasteiger partial charge in [-0.1, -0.05) is 226 Å². The first kappa shape index (κ1) is 106. The predicted molar refractivity (Wildman–Crippen MR) is 603 cm³/mol. The Morgan fingerprint density at radius 1 is 0.336 bits per heavy atom. The standard InChI is InChI=1S/C24H22BNO4.C23H14N2O2.2C18H12BrF2NO2.C18H10BrNO2.C7H7IO.C6H4BrF2N.3CH4.2H2/c1-23(2)24(3,4)30-25(29-23)15-13-20-22-21(14-15)28-19-12-8-6-10-17(19)26(22)16-9-5-7-11-18(16)27-20;1-3-10-19-17(8-1)25-18-9-2-4-11-20(18)27-22-14-15(13-21(26-19)23(22)25)16-7-5-6-12-24-16;2*19-11-9-12(20)18(13(21)10-11)22(14-5-1-3-7-16(14)23)15-6-2-4-8-17(15)24;19-11-9-16-18-17(10-11)22-15-8-4-2-6-13(15)20(18)12-5-1-3-7-14(12)21-16;1-9-7-5-3-2-4-6(7)8;7-3-1-4(8)6(10)5(9)2-3;;;;;/h5-14H,1-4H3;1-14H;2*1-10,23-24H;1-10H;2-5H,1H3;1-2H,10H2;3*1H4;2*1H. The molecule has 149 heavy (non-hydrogen) atoms. The van der Waals surface area contributed by atoms with Crippen LogP contribution in [0.15, 0.2) is 382 Å². The fraction of sp³-hybridized carbons (Fsp3) is 0.0855. The molecule has 25 rings (SSSR count). The molecule has 0 unspecified atom stereocenters. The number of nitrogens with zero attached hydrogens (tertiary/aromatic N) is 6. The van der Waals surface area contributed by atoms with E-state index in [9.17, 15) is 46.8 Å². The number of methoxy groups -OCH3 is 1. The fourth-order valence-corrected chi connectivity index (χ4v) is 19.1. The van der Waals surface area contributed by atoms with Crippen molar-refractivity contribution in [2.45, 2.75) is 61.2 Å². The number of pyridine rings is 1. The Hall–Kier alpha value is -15.3. The molecule has 0 radical (unpaired) electrons. The summed E-state index contributed by atoms with van der Waals surface area (Å²) in [6, 6.07) is 105. The first-order chi connectivity index (χ1) is 70.5. The molecule has 0 bridgehead atoms. The van der Waals surface area contributed by atoms with Crippen molar-refractivity contribution in [1.82, 2.24) is 4.98 Å². The number of aromatic nitrogens is 1. The molecule has 20 nitrogen and oxygen atoms in total. The quantitative estimate of drug-likeness (QED) is 0.0393. The van der Waals surface area contributed by atoms with Gasteiger partial charge in [-0.2, -0.15) is 0 Å². The maximum absolute atomic E-state index is 14.5. The van der Waals surface area contributed by atoms with Crippen LogP contribution in [0.5, 0.6) is 97.7 Å². The van der Waals surface area contributed by atoms with E-state index in [1.54, 1.807) is 61.8 Å². The summed E-state index contributed by atoms with van der Waals surface area (Å²) < 4.78 is 141. The number of anilines is 16. The monoisotopic (exact) mass is 2380 g/mol. The molecule has 7 aliphatic rings. The third kappa shape index (κ3) is 21.8. The number of hydrogen-bond acceptors (Lipinski definition) is 20. The van der Waals surface area contributed by atoms with Crippen LogP contribution in [0.1, 0.15) is 52.8 Å². The van der Waals surface area contributed by atoms with Crippen molar-refractivity contribution in [2.24, 2.45) is 0 Å². The molecule has 0 spiro atoms. The van der Waals surface area contributed by atoms with Crippen LogP contribution in [0.2, 0.25) is 0 Å². The molecule has 18 aromatic rings. The molecule has 0 saturated carbocycles. The van der Waals surface area contributed by atoms with Crippen molar-refractivity contribution in [3.05, 3.63) is 420 Å². The summed E-state index contributed by atoms with van der Waals surface area (Å²) >= 11 is 14.8. The fourth-order valence-electron chi connectivity index (χ4n) is 16.9. The molecule has 0 atom stereocenters. The van der Waals surface area contributed by atoms with Crippen molar-refractivity contribution >= 4 is 190 Å². The van der Waals surface area contributed by atoms with E-state index >= 15 is 0 Å². The molecule has 7 aliphatic heterocycles. The number of rotatable bonds is 9. The summed E-state index contributed by atoms with van der Waals surface area (Å²) in [6.45, 7) is 8.21. The Labute approximate surface area is 907 Å². The highest BCUT2D eigenvalue weighted by Gasteiger charge is 2.53. The maximum Gasteiger partial charge on any atom is 0.495 e. The molecule has 0 aliphatic carbocycles. The highest BCUT2D eigenvalue weighted by Crippen LogP contribution is 2.64. The molecule has 32 heteroatoms. The Morgan fingerprint density at radius 2 is 0.591 bits per heavy atom. The van der Waals surface area contributed by atoms with Gasteiger partial charge in [0.15, 0.2) is 92.3 Å². The maximum atomic E-state index is 14.5. The number of phenolic OH excluding ortho intramolecular Hbond substituents is 4. The molecule has 17 aromatic carbocycles. The highest BCUT2D eigenvalue weighted by atomic mass is 127. The summed E-state index contributed by atoms with van der Waals surface area (Å²) in [7, 11) is 1.18. The topological polar surface area (TPSA) is 219 Å². The largest absolute Gasteiger partial charge is 0.506 e. The van der Waals surface area contributed by atoms with Crippen LogP contribution in [0.4, 0.5) is 117 Å². The molecular formula is C117H97BBr4F6IN7O13.